The SMILES string of the molecule is Cc1ccc(-c2csc(NC(=O)c3cc4ccccc4oc3=O)n2)o1. The fourth-order valence-electron chi connectivity index (χ4n) is 2.40. The number of nitrogens with one attached hydrogen (secondary N) is 1. The van der Waals surface area contributed by atoms with E-state index < -0.39 is 11.5 Å². The first-order chi connectivity index (χ1) is 12.1. The molecule has 6 nitrogen and oxygen atoms in total. The van der Waals surface area contributed by atoms with Crippen molar-refractivity contribution in [2.75, 3.05) is 5.32 Å². The minimum Gasteiger partial charge on any atom is -0.460 e. The molecule has 4 rings (SSSR count). The van der Waals surface area contributed by atoms with E-state index in [4.69, 9.17) is 8.83 Å². The van der Waals surface area contributed by atoms with Crippen LogP contribution in [0.5, 0.6) is 0 Å². The maximum Gasteiger partial charge on any atom is 0.349 e. The first-order valence-corrected chi connectivity index (χ1v) is 8.35. The molecule has 7 heteroatoms. The van der Waals surface area contributed by atoms with Crippen LogP contribution in [0.4, 0.5) is 5.13 Å². The van der Waals surface area contributed by atoms with Crippen molar-refractivity contribution in [2.24, 2.45) is 0 Å². The average molecular weight is 352 g/mol. The molecule has 0 aliphatic carbocycles. The van der Waals surface area contributed by atoms with Crippen molar-refractivity contribution < 1.29 is 13.6 Å². The molecule has 0 radical (unpaired) electrons. The van der Waals surface area contributed by atoms with Gasteiger partial charge in [0.25, 0.3) is 5.91 Å². The van der Waals surface area contributed by atoms with Crippen molar-refractivity contribution in [3.05, 3.63) is 69.6 Å². The summed E-state index contributed by atoms with van der Waals surface area (Å²) in [5, 5.41) is 5.46. The molecule has 4 aromatic rings. The molecule has 0 saturated carbocycles. The van der Waals surface area contributed by atoms with Crippen LogP contribution in [-0.4, -0.2) is 10.9 Å². The van der Waals surface area contributed by atoms with E-state index in [1.54, 1.807) is 23.6 Å². The number of amides is 1. The molecule has 3 aromatic heterocycles. The van der Waals surface area contributed by atoms with Gasteiger partial charge in [-0.15, -0.1) is 11.3 Å². The Labute approximate surface area is 145 Å². The van der Waals surface area contributed by atoms with Gasteiger partial charge in [0.2, 0.25) is 0 Å². The number of nitrogens with zero attached hydrogens (tertiary/aromatic N) is 1. The highest BCUT2D eigenvalue weighted by Gasteiger charge is 2.16. The zero-order valence-corrected chi connectivity index (χ0v) is 13.9. The summed E-state index contributed by atoms with van der Waals surface area (Å²) in [6, 6.07) is 12.2. The third-order valence-corrected chi connectivity index (χ3v) is 4.36. The predicted molar refractivity (Wildman–Crippen MR) is 95.0 cm³/mol. The summed E-state index contributed by atoms with van der Waals surface area (Å²) in [6.45, 7) is 1.84. The van der Waals surface area contributed by atoms with E-state index in [2.05, 4.69) is 10.3 Å². The summed E-state index contributed by atoms with van der Waals surface area (Å²) < 4.78 is 10.7. The molecule has 0 aliphatic rings. The Morgan fingerprint density at radius 1 is 1.16 bits per heavy atom. The summed E-state index contributed by atoms with van der Waals surface area (Å²) in [7, 11) is 0. The molecule has 3 heterocycles. The van der Waals surface area contributed by atoms with Crippen molar-refractivity contribution in [3.8, 4) is 11.5 Å². The second-order valence-corrected chi connectivity index (χ2v) is 6.25. The number of carbonyl (C=O) groups is 1. The van der Waals surface area contributed by atoms with Crippen molar-refractivity contribution in [2.45, 2.75) is 6.92 Å². The lowest BCUT2D eigenvalue weighted by Crippen LogP contribution is -2.20. The van der Waals surface area contributed by atoms with Crippen LogP contribution in [0.3, 0.4) is 0 Å². The van der Waals surface area contributed by atoms with E-state index in [0.29, 0.717) is 27.6 Å². The lowest BCUT2D eigenvalue weighted by atomic mass is 10.2. The molecule has 0 unspecified atom stereocenters. The number of hydrogen-bond donors (Lipinski definition) is 1. The number of fused-ring (bicyclic) bond motifs is 1. The molecule has 1 amide bonds. The first-order valence-electron chi connectivity index (χ1n) is 7.47. The molecule has 0 fully saturated rings. The van der Waals surface area contributed by atoms with E-state index in [1.165, 1.54) is 17.4 Å². The number of furan rings is 1. The topological polar surface area (TPSA) is 85.3 Å². The van der Waals surface area contributed by atoms with Gasteiger partial charge < -0.3 is 8.83 Å². The number of anilines is 1. The summed E-state index contributed by atoms with van der Waals surface area (Å²) >= 11 is 1.25. The van der Waals surface area contributed by atoms with Crippen LogP contribution < -0.4 is 10.9 Å². The van der Waals surface area contributed by atoms with Crippen LogP contribution in [0.15, 0.2) is 61.5 Å². The molecule has 1 N–H and O–H groups in total. The molecule has 0 aliphatic heterocycles. The van der Waals surface area contributed by atoms with Gasteiger partial charge in [-0.2, -0.15) is 0 Å². The molecular formula is C18H12N2O4S. The molecule has 0 spiro atoms. The molecule has 25 heavy (non-hydrogen) atoms. The standard InChI is InChI=1S/C18H12N2O4S/c1-10-6-7-15(23-10)13-9-25-18(19-13)20-16(21)12-8-11-4-2-3-5-14(11)24-17(12)22/h2-9H,1H3,(H,19,20,21). The minimum atomic E-state index is -0.686. The van der Waals surface area contributed by atoms with Crippen LogP contribution in [0.1, 0.15) is 16.1 Å². The Morgan fingerprint density at radius 2 is 2.00 bits per heavy atom. The van der Waals surface area contributed by atoms with Crippen molar-refractivity contribution in [1.82, 2.24) is 4.98 Å². The quantitative estimate of drug-likeness (QED) is 0.562. The van der Waals surface area contributed by atoms with E-state index in [9.17, 15) is 9.59 Å². The fraction of sp³-hybridized carbons (Fsp3) is 0.0556. The number of thiazole rings is 1. The van der Waals surface area contributed by atoms with Gasteiger partial charge >= 0.3 is 5.63 Å². The average Bonchev–Trinajstić information content (AvgIpc) is 3.23. The molecule has 0 saturated heterocycles. The number of carbonyl (C=O) groups excluding carboxylic acids is 1. The van der Waals surface area contributed by atoms with Crippen molar-refractivity contribution in [1.29, 1.82) is 0 Å². The Balaban J connectivity index is 1.61. The number of para-hydroxylation sites is 1. The van der Waals surface area contributed by atoms with E-state index >= 15 is 0 Å². The number of aromatic nitrogens is 1. The molecule has 1 aromatic carbocycles. The summed E-state index contributed by atoms with van der Waals surface area (Å²) in [5.41, 5.74) is 0.312. The largest absolute Gasteiger partial charge is 0.460 e. The van der Waals surface area contributed by atoms with Crippen molar-refractivity contribution >= 4 is 33.3 Å². The van der Waals surface area contributed by atoms with Gasteiger partial charge in [-0.3, -0.25) is 10.1 Å². The van der Waals surface area contributed by atoms with Crippen LogP contribution in [0.25, 0.3) is 22.4 Å². The van der Waals surface area contributed by atoms with Gasteiger partial charge in [0.1, 0.15) is 22.6 Å². The fourth-order valence-corrected chi connectivity index (χ4v) is 3.10. The number of rotatable bonds is 3. The zero-order chi connectivity index (χ0) is 17.4. The molecule has 124 valence electrons. The molecule has 0 bridgehead atoms. The van der Waals surface area contributed by atoms with Gasteiger partial charge in [0, 0.05) is 10.8 Å². The smallest absolute Gasteiger partial charge is 0.349 e. The van der Waals surface area contributed by atoms with Crippen LogP contribution in [0, 0.1) is 6.92 Å². The predicted octanol–water partition coefficient (Wildman–Crippen LogP) is 4.07. The third-order valence-electron chi connectivity index (χ3n) is 3.60. The maximum absolute atomic E-state index is 12.4. The van der Waals surface area contributed by atoms with Gasteiger partial charge in [-0.1, -0.05) is 18.2 Å². The van der Waals surface area contributed by atoms with Crippen LogP contribution in [-0.2, 0) is 0 Å². The van der Waals surface area contributed by atoms with E-state index in [-0.39, 0.29) is 5.56 Å². The van der Waals surface area contributed by atoms with Crippen LogP contribution in [0.2, 0.25) is 0 Å². The highest BCUT2D eigenvalue weighted by molar-refractivity contribution is 7.14. The number of hydrogen-bond acceptors (Lipinski definition) is 6. The minimum absolute atomic E-state index is 0.0655. The second-order valence-electron chi connectivity index (χ2n) is 5.39. The van der Waals surface area contributed by atoms with Gasteiger partial charge in [0.15, 0.2) is 10.9 Å². The highest BCUT2D eigenvalue weighted by Crippen LogP contribution is 2.26. The van der Waals surface area contributed by atoms with E-state index in [1.807, 2.05) is 25.1 Å². The Hall–Kier alpha value is -3.19. The number of benzene rings is 1. The second kappa shape index (κ2) is 6.03. The Kier molecular flexibility index (Phi) is 3.70. The van der Waals surface area contributed by atoms with Crippen molar-refractivity contribution in [3.63, 3.8) is 0 Å². The first kappa shape index (κ1) is 15.3. The third kappa shape index (κ3) is 2.97. The zero-order valence-electron chi connectivity index (χ0n) is 13.1. The van der Waals surface area contributed by atoms with Crippen LogP contribution >= 0.6 is 11.3 Å². The summed E-state index contributed by atoms with van der Waals surface area (Å²) in [6.07, 6.45) is 0. The number of aryl methyl sites for hydroxylation is 1. The normalized spacial score (nSPS) is 10.9. The highest BCUT2D eigenvalue weighted by atomic mass is 32.1. The molecular weight excluding hydrogens is 340 g/mol. The molecule has 0 atom stereocenters. The monoisotopic (exact) mass is 352 g/mol. The maximum atomic E-state index is 12.4. The Bertz CT molecular complexity index is 1140. The Morgan fingerprint density at radius 3 is 2.80 bits per heavy atom. The lowest BCUT2D eigenvalue weighted by molar-refractivity contribution is 0.102. The lowest BCUT2D eigenvalue weighted by Gasteiger charge is -2.02. The van der Waals surface area contributed by atoms with Gasteiger partial charge in [0.05, 0.1) is 0 Å². The summed E-state index contributed by atoms with van der Waals surface area (Å²) in [4.78, 5) is 28.7. The van der Waals surface area contributed by atoms with Gasteiger partial charge in [-0.25, -0.2) is 9.78 Å². The van der Waals surface area contributed by atoms with E-state index in [0.717, 1.165) is 5.76 Å². The summed E-state index contributed by atoms with van der Waals surface area (Å²) in [5.74, 6) is 0.845. The van der Waals surface area contributed by atoms with Gasteiger partial charge in [-0.05, 0) is 31.2 Å².